The molecule has 28 heavy (non-hydrogen) atoms. The first-order valence-corrected chi connectivity index (χ1v) is 9.71. The van der Waals surface area contributed by atoms with Crippen LogP contribution in [0.25, 0.3) is 0 Å². The van der Waals surface area contributed by atoms with Gasteiger partial charge in [0.2, 0.25) is 0 Å². The van der Waals surface area contributed by atoms with Crippen molar-refractivity contribution in [2.24, 2.45) is 5.41 Å². The Kier molecular flexibility index (Phi) is 6.88. The van der Waals surface area contributed by atoms with E-state index in [0.717, 1.165) is 5.56 Å². The van der Waals surface area contributed by atoms with Gasteiger partial charge < -0.3 is 19.5 Å². The molecule has 1 aromatic carbocycles. The fourth-order valence-electron chi connectivity index (χ4n) is 3.19. The molecule has 0 saturated carbocycles. The van der Waals surface area contributed by atoms with Crippen molar-refractivity contribution in [2.75, 3.05) is 19.8 Å². The van der Waals surface area contributed by atoms with Gasteiger partial charge in [0.15, 0.2) is 11.5 Å². The second kappa shape index (κ2) is 8.78. The number of amides is 1. The van der Waals surface area contributed by atoms with Crippen molar-refractivity contribution in [2.45, 2.75) is 53.7 Å². The highest BCUT2D eigenvalue weighted by molar-refractivity contribution is 6.10. The van der Waals surface area contributed by atoms with E-state index in [1.165, 1.54) is 4.90 Å². The van der Waals surface area contributed by atoms with Crippen molar-refractivity contribution in [3.8, 4) is 5.75 Å². The van der Waals surface area contributed by atoms with Gasteiger partial charge in [-0.1, -0.05) is 32.9 Å². The highest BCUT2D eigenvalue weighted by Crippen LogP contribution is 2.41. The molecule has 1 aliphatic heterocycles. The SMILES string of the molecule is CCOc1cccc(C2C(C(=O)C(C)(C)C)=C(O)C(=O)N2CCOC(C)C)c1. The maximum atomic E-state index is 13.1. The van der Waals surface area contributed by atoms with Crippen LogP contribution in [0, 0.1) is 5.41 Å². The minimum Gasteiger partial charge on any atom is -0.503 e. The van der Waals surface area contributed by atoms with Gasteiger partial charge in [0.1, 0.15) is 5.75 Å². The monoisotopic (exact) mass is 389 g/mol. The summed E-state index contributed by atoms with van der Waals surface area (Å²) >= 11 is 0. The smallest absolute Gasteiger partial charge is 0.290 e. The average molecular weight is 389 g/mol. The fraction of sp³-hybridized carbons (Fsp3) is 0.545. The molecule has 0 bridgehead atoms. The Bertz CT molecular complexity index is 760. The molecule has 6 nitrogen and oxygen atoms in total. The minimum atomic E-state index is -0.732. The second-order valence-corrected chi connectivity index (χ2v) is 8.17. The van der Waals surface area contributed by atoms with Gasteiger partial charge in [-0.05, 0) is 38.5 Å². The van der Waals surface area contributed by atoms with E-state index in [0.29, 0.717) is 19.0 Å². The molecule has 0 saturated heterocycles. The third kappa shape index (κ3) is 4.73. The van der Waals surface area contributed by atoms with Crippen molar-refractivity contribution in [1.29, 1.82) is 0 Å². The summed E-state index contributed by atoms with van der Waals surface area (Å²) in [6, 6.07) is 6.63. The predicted octanol–water partition coefficient (Wildman–Crippen LogP) is 3.82. The quantitative estimate of drug-likeness (QED) is 0.731. The largest absolute Gasteiger partial charge is 0.503 e. The minimum absolute atomic E-state index is 0.0228. The number of ketones is 1. The van der Waals surface area contributed by atoms with E-state index >= 15 is 0 Å². The Balaban J connectivity index is 2.48. The van der Waals surface area contributed by atoms with Gasteiger partial charge in [0.05, 0.1) is 30.9 Å². The van der Waals surface area contributed by atoms with Crippen molar-refractivity contribution in [1.82, 2.24) is 4.90 Å². The number of benzene rings is 1. The number of aliphatic hydroxyl groups excluding tert-OH is 1. The number of nitrogens with zero attached hydrogens (tertiary/aromatic N) is 1. The Morgan fingerprint density at radius 1 is 1.29 bits per heavy atom. The van der Waals surface area contributed by atoms with E-state index < -0.39 is 23.1 Å². The molecular formula is C22H31NO5. The third-order valence-corrected chi connectivity index (χ3v) is 4.50. The molecule has 0 aliphatic carbocycles. The van der Waals surface area contributed by atoms with Crippen molar-refractivity contribution < 1.29 is 24.2 Å². The molecule has 1 unspecified atom stereocenters. The van der Waals surface area contributed by atoms with Crippen LogP contribution in [0.2, 0.25) is 0 Å². The second-order valence-electron chi connectivity index (χ2n) is 8.17. The first-order valence-electron chi connectivity index (χ1n) is 9.71. The lowest BCUT2D eigenvalue weighted by Gasteiger charge is -2.29. The van der Waals surface area contributed by atoms with E-state index in [9.17, 15) is 14.7 Å². The molecule has 1 aliphatic rings. The van der Waals surface area contributed by atoms with Crippen molar-refractivity contribution in [3.63, 3.8) is 0 Å². The highest BCUT2D eigenvalue weighted by Gasteiger charge is 2.45. The van der Waals surface area contributed by atoms with E-state index in [-0.39, 0.29) is 24.0 Å². The van der Waals surface area contributed by atoms with Crippen molar-refractivity contribution in [3.05, 3.63) is 41.2 Å². The predicted molar refractivity (Wildman–Crippen MR) is 107 cm³/mol. The van der Waals surface area contributed by atoms with Crippen LogP contribution >= 0.6 is 0 Å². The summed E-state index contributed by atoms with van der Waals surface area (Å²) < 4.78 is 11.2. The van der Waals surface area contributed by atoms with Crippen LogP contribution in [-0.4, -0.2) is 47.6 Å². The molecule has 2 rings (SSSR count). The fourth-order valence-corrected chi connectivity index (χ4v) is 3.19. The molecule has 154 valence electrons. The molecule has 6 heteroatoms. The molecule has 0 radical (unpaired) electrons. The lowest BCUT2D eigenvalue weighted by atomic mass is 9.82. The van der Waals surface area contributed by atoms with Gasteiger partial charge in [0, 0.05) is 12.0 Å². The molecule has 0 fully saturated rings. The zero-order valence-electron chi connectivity index (χ0n) is 17.6. The molecule has 1 amide bonds. The zero-order valence-corrected chi connectivity index (χ0v) is 17.6. The van der Waals surface area contributed by atoms with Crippen LogP contribution in [0.15, 0.2) is 35.6 Å². The summed E-state index contributed by atoms with van der Waals surface area (Å²) in [5.41, 5.74) is 0.125. The lowest BCUT2D eigenvalue weighted by molar-refractivity contribution is -0.130. The Hall–Kier alpha value is -2.34. The molecule has 1 heterocycles. The maximum Gasteiger partial charge on any atom is 0.290 e. The van der Waals surface area contributed by atoms with Gasteiger partial charge in [-0.2, -0.15) is 0 Å². The Morgan fingerprint density at radius 3 is 2.54 bits per heavy atom. The standard InChI is InChI=1S/C22H31NO5/c1-7-27-16-10-8-9-15(13-16)18-17(20(25)22(4,5)6)19(24)21(26)23(18)11-12-28-14(2)3/h8-10,13-14,18,24H,7,11-12H2,1-6H3. The van der Waals surface area contributed by atoms with Crippen LogP contribution < -0.4 is 4.74 Å². The summed E-state index contributed by atoms with van der Waals surface area (Å²) in [5, 5.41) is 10.6. The summed E-state index contributed by atoms with van der Waals surface area (Å²) in [4.78, 5) is 27.4. The van der Waals surface area contributed by atoms with Crippen LogP contribution in [-0.2, 0) is 14.3 Å². The number of Topliss-reactive ketones (excluding diaryl/α,β-unsaturated/α-hetero) is 1. The molecule has 0 spiro atoms. The number of rotatable bonds is 8. The first-order chi connectivity index (χ1) is 13.1. The lowest BCUT2D eigenvalue weighted by Crippen LogP contribution is -2.35. The van der Waals surface area contributed by atoms with E-state index in [2.05, 4.69) is 0 Å². The summed E-state index contributed by atoms with van der Waals surface area (Å²) in [6.07, 6.45) is 0.0228. The highest BCUT2D eigenvalue weighted by atomic mass is 16.5. The first kappa shape index (κ1) is 22.0. The van der Waals surface area contributed by atoms with E-state index in [1.807, 2.05) is 45.0 Å². The van der Waals surface area contributed by atoms with Gasteiger partial charge >= 0.3 is 0 Å². The maximum absolute atomic E-state index is 13.1. The van der Waals surface area contributed by atoms with Gasteiger partial charge in [-0.15, -0.1) is 0 Å². The number of hydrogen-bond donors (Lipinski definition) is 1. The third-order valence-electron chi connectivity index (χ3n) is 4.50. The topological polar surface area (TPSA) is 76.1 Å². The van der Waals surface area contributed by atoms with Gasteiger partial charge in [0.25, 0.3) is 5.91 Å². The number of carbonyl (C=O) groups excluding carboxylic acids is 2. The summed E-state index contributed by atoms with van der Waals surface area (Å²) in [7, 11) is 0. The van der Waals surface area contributed by atoms with Crippen molar-refractivity contribution >= 4 is 11.7 Å². The Labute approximate surface area is 167 Å². The van der Waals surface area contributed by atoms with Crippen LogP contribution in [0.3, 0.4) is 0 Å². The summed E-state index contributed by atoms with van der Waals surface area (Å²) in [5.74, 6) is -0.625. The number of ether oxygens (including phenoxy) is 2. The van der Waals surface area contributed by atoms with Gasteiger partial charge in [-0.3, -0.25) is 9.59 Å². The Morgan fingerprint density at radius 2 is 1.96 bits per heavy atom. The number of carbonyl (C=O) groups is 2. The molecule has 1 N–H and O–H groups in total. The number of aliphatic hydroxyl groups is 1. The van der Waals surface area contributed by atoms with Crippen LogP contribution in [0.4, 0.5) is 0 Å². The normalized spacial score (nSPS) is 17.6. The van der Waals surface area contributed by atoms with E-state index in [1.54, 1.807) is 20.8 Å². The van der Waals surface area contributed by atoms with E-state index in [4.69, 9.17) is 9.47 Å². The van der Waals surface area contributed by atoms with Crippen LogP contribution in [0.1, 0.15) is 53.1 Å². The number of hydrogen-bond acceptors (Lipinski definition) is 5. The average Bonchev–Trinajstić information content (AvgIpc) is 2.85. The van der Waals surface area contributed by atoms with Crippen LogP contribution in [0.5, 0.6) is 5.75 Å². The molecule has 0 aromatic heterocycles. The van der Waals surface area contributed by atoms with Gasteiger partial charge in [-0.25, -0.2) is 0 Å². The molecular weight excluding hydrogens is 358 g/mol. The molecule has 1 atom stereocenters. The molecule has 1 aromatic rings. The zero-order chi connectivity index (χ0) is 21.1. The summed E-state index contributed by atoms with van der Waals surface area (Å²) in [6.45, 7) is 12.1.